The van der Waals surface area contributed by atoms with Crippen molar-refractivity contribution in [1.29, 1.82) is 0 Å². The van der Waals surface area contributed by atoms with Crippen molar-refractivity contribution in [3.05, 3.63) is 59.4 Å². The SMILES string of the molecule is Cc1ccc(CCC(=O)Nc2cnccc2CO)cc1. The number of nitrogens with one attached hydrogen (secondary N) is 1. The third-order valence-corrected chi connectivity index (χ3v) is 3.12. The summed E-state index contributed by atoms with van der Waals surface area (Å²) in [6.07, 6.45) is 4.24. The second kappa shape index (κ2) is 6.82. The highest BCUT2D eigenvalue weighted by Gasteiger charge is 2.06. The predicted molar refractivity (Wildman–Crippen MR) is 78.3 cm³/mol. The van der Waals surface area contributed by atoms with E-state index in [9.17, 15) is 9.90 Å². The van der Waals surface area contributed by atoms with E-state index in [2.05, 4.69) is 10.3 Å². The van der Waals surface area contributed by atoms with E-state index >= 15 is 0 Å². The van der Waals surface area contributed by atoms with Crippen molar-refractivity contribution in [2.24, 2.45) is 0 Å². The third-order valence-electron chi connectivity index (χ3n) is 3.12. The molecule has 0 aliphatic carbocycles. The number of carbonyl (C=O) groups is 1. The van der Waals surface area contributed by atoms with Crippen molar-refractivity contribution < 1.29 is 9.90 Å². The lowest BCUT2D eigenvalue weighted by Crippen LogP contribution is -2.14. The normalized spacial score (nSPS) is 10.3. The molecule has 1 amide bonds. The number of aryl methyl sites for hydroxylation is 2. The molecule has 1 aromatic heterocycles. The van der Waals surface area contributed by atoms with Crippen molar-refractivity contribution in [2.45, 2.75) is 26.4 Å². The maximum atomic E-state index is 11.9. The maximum Gasteiger partial charge on any atom is 0.224 e. The fraction of sp³-hybridized carbons (Fsp3) is 0.250. The number of amides is 1. The van der Waals surface area contributed by atoms with Gasteiger partial charge >= 0.3 is 0 Å². The molecule has 0 spiro atoms. The molecular formula is C16H18N2O2. The minimum Gasteiger partial charge on any atom is -0.392 e. The Hall–Kier alpha value is -2.20. The van der Waals surface area contributed by atoms with Gasteiger partial charge in [0.05, 0.1) is 18.5 Å². The second-order valence-electron chi connectivity index (χ2n) is 4.72. The van der Waals surface area contributed by atoms with E-state index in [0.29, 0.717) is 24.1 Å². The van der Waals surface area contributed by atoms with Crippen molar-refractivity contribution in [1.82, 2.24) is 4.98 Å². The smallest absolute Gasteiger partial charge is 0.224 e. The van der Waals surface area contributed by atoms with E-state index in [0.717, 1.165) is 5.56 Å². The fourth-order valence-electron chi connectivity index (χ4n) is 1.90. The first-order valence-corrected chi connectivity index (χ1v) is 6.58. The summed E-state index contributed by atoms with van der Waals surface area (Å²) in [6, 6.07) is 9.84. The monoisotopic (exact) mass is 270 g/mol. The van der Waals surface area contributed by atoms with Crippen LogP contribution in [0.5, 0.6) is 0 Å². The summed E-state index contributed by atoms with van der Waals surface area (Å²) in [5, 5.41) is 12.0. The predicted octanol–water partition coefficient (Wildman–Crippen LogP) is 2.45. The van der Waals surface area contributed by atoms with E-state index < -0.39 is 0 Å². The van der Waals surface area contributed by atoms with Crippen molar-refractivity contribution in [3.63, 3.8) is 0 Å². The molecule has 0 unspecified atom stereocenters. The highest BCUT2D eigenvalue weighted by atomic mass is 16.3. The van der Waals surface area contributed by atoms with Gasteiger partial charge in [-0.05, 0) is 25.0 Å². The molecule has 0 bridgehead atoms. The van der Waals surface area contributed by atoms with Gasteiger partial charge in [0.2, 0.25) is 5.91 Å². The summed E-state index contributed by atoms with van der Waals surface area (Å²) in [7, 11) is 0. The van der Waals surface area contributed by atoms with E-state index in [1.54, 1.807) is 18.5 Å². The number of nitrogens with zero attached hydrogens (tertiary/aromatic N) is 1. The maximum absolute atomic E-state index is 11.9. The molecule has 0 aliphatic rings. The lowest BCUT2D eigenvalue weighted by atomic mass is 10.1. The van der Waals surface area contributed by atoms with Crippen LogP contribution in [0.25, 0.3) is 0 Å². The van der Waals surface area contributed by atoms with Crippen LogP contribution in [0.3, 0.4) is 0 Å². The van der Waals surface area contributed by atoms with Gasteiger partial charge in [-0.1, -0.05) is 29.8 Å². The number of aliphatic hydroxyl groups is 1. The number of hydrogen-bond acceptors (Lipinski definition) is 3. The summed E-state index contributed by atoms with van der Waals surface area (Å²) < 4.78 is 0. The van der Waals surface area contributed by atoms with Gasteiger partial charge in [-0.2, -0.15) is 0 Å². The second-order valence-corrected chi connectivity index (χ2v) is 4.72. The lowest BCUT2D eigenvalue weighted by Gasteiger charge is -2.08. The number of benzene rings is 1. The molecule has 0 saturated heterocycles. The number of anilines is 1. The van der Waals surface area contributed by atoms with Crippen LogP contribution in [0.2, 0.25) is 0 Å². The molecule has 104 valence electrons. The Kier molecular flexibility index (Phi) is 4.85. The molecule has 2 aromatic rings. The van der Waals surface area contributed by atoms with Gasteiger partial charge in [0.15, 0.2) is 0 Å². The first kappa shape index (κ1) is 14.2. The van der Waals surface area contributed by atoms with Crippen molar-refractivity contribution in [3.8, 4) is 0 Å². The van der Waals surface area contributed by atoms with Gasteiger partial charge in [-0.15, -0.1) is 0 Å². The minimum atomic E-state index is -0.115. The summed E-state index contributed by atoms with van der Waals surface area (Å²) >= 11 is 0. The first-order chi connectivity index (χ1) is 9.69. The Morgan fingerprint density at radius 2 is 2.00 bits per heavy atom. The van der Waals surface area contributed by atoms with Crippen LogP contribution in [-0.2, 0) is 17.8 Å². The Labute approximate surface area is 118 Å². The van der Waals surface area contributed by atoms with Gasteiger partial charge in [0.25, 0.3) is 0 Å². The quantitative estimate of drug-likeness (QED) is 0.877. The largest absolute Gasteiger partial charge is 0.392 e. The Morgan fingerprint density at radius 1 is 1.25 bits per heavy atom. The van der Waals surface area contributed by atoms with Crippen LogP contribution < -0.4 is 5.32 Å². The molecule has 0 atom stereocenters. The van der Waals surface area contributed by atoms with Crippen LogP contribution in [0.1, 0.15) is 23.1 Å². The molecule has 1 heterocycles. The van der Waals surface area contributed by atoms with Crippen LogP contribution in [-0.4, -0.2) is 16.0 Å². The summed E-state index contributed by atoms with van der Waals surface area (Å²) in [4.78, 5) is 15.8. The summed E-state index contributed by atoms with van der Waals surface area (Å²) in [5.41, 5.74) is 3.59. The molecule has 4 heteroatoms. The lowest BCUT2D eigenvalue weighted by molar-refractivity contribution is -0.116. The zero-order valence-electron chi connectivity index (χ0n) is 11.5. The van der Waals surface area contributed by atoms with Crippen LogP contribution >= 0.6 is 0 Å². The Morgan fingerprint density at radius 3 is 2.70 bits per heavy atom. The van der Waals surface area contributed by atoms with Crippen LogP contribution in [0.4, 0.5) is 5.69 Å². The molecule has 2 N–H and O–H groups in total. The topological polar surface area (TPSA) is 62.2 Å². The zero-order chi connectivity index (χ0) is 14.4. The molecule has 0 fully saturated rings. The van der Waals surface area contributed by atoms with E-state index in [4.69, 9.17) is 0 Å². The zero-order valence-corrected chi connectivity index (χ0v) is 11.5. The number of hydrogen-bond donors (Lipinski definition) is 2. The average Bonchev–Trinajstić information content (AvgIpc) is 2.47. The van der Waals surface area contributed by atoms with Crippen molar-refractivity contribution >= 4 is 11.6 Å². The highest BCUT2D eigenvalue weighted by Crippen LogP contribution is 2.14. The van der Waals surface area contributed by atoms with Gasteiger partial charge in [0, 0.05) is 18.2 Å². The van der Waals surface area contributed by atoms with Gasteiger partial charge in [0.1, 0.15) is 0 Å². The van der Waals surface area contributed by atoms with E-state index in [1.165, 1.54) is 5.56 Å². The fourth-order valence-corrected chi connectivity index (χ4v) is 1.90. The number of pyridine rings is 1. The minimum absolute atomic E-state index is 0.0757. The Balaban J connectivity index is 1.91. The highest BCUT2D eigenvalue weighted by molar-refractivity contribution is 5.91. The molecule has 1 aromatic carbocycles. The average molecular weight is 270 g/mol. The summed E-state index contributed by atoms with van der Waals surface area (Å²) in [5.74, 6) is -0.0757. The Bertz CT molecular complexity index is 579. The molecule has 0 aliphatic heterocycles. The van der Waals surface area contributed by atoms with Crippen molar-refractivity contribution in [2.75, 3.05) is 5.32 Å². The number of rotatable bonds is 5. The number of carbonyl (C=O) groups excluding carboxylic acids is 1. The third kappa shape index (κ3) is 3.90. The van der Waals surface area contributed by atoms with E-state index in [-0.39, 0.29) is 12.5 Å². The molecular weight excluding hydrogens is 252 g/mol. The number of aromatic nitrogens is 1. The molecule has 0 saturated carbocycles. The molecule has 0 radical (unpaired) electrons. The van der Waals surface area contributed by atoms with Crippen LogP contribution in [0, 0.1) is 6.92 Å². The standard InChI is InChI=1S/C16H18N2O2/c1-12-2-4-13(5-3-12)6-7-16(20)18-15-10-17-9-8-14(15)11-19/h2-5,8-10,19H,6-7,11H2,1H3,(H,18,20). The van der Waals surface area contributed by atoms with Gasteiger partial charge < -0.3 is 10.4 Å². The number of aliphatic hydroxyl groups excluding tert-OH is 1. The molecule has 4 nitrogen and oxygen atoms in total. The first-order valence-electron chi connectivity index (χ1n) is 6.58. The summed E-state index contributed by atoms with van der Waals surface area (Å²) in [6.45, 7) is 1.92. The molecule has 20 heavy (non-hydrogen) atoms. The van der Waals surface area contributed by atoms with E-state index in [1.807, 2.05) is 31.2 Å². The van der Waals surface area contributed by atoms with Gasteiger partial charge in [-0.3, -0.25) is 9.78 Å². The van der Waals surface area contributed by atoms with Gasteiger partial charge in [-0.25, -0.2) is 0 Å². The van der Waals surface area contributed by atoms with Crippen LogP contribution in [0.15, 0.2) is 42.7 Å². The molecule has 2 rings (SSSR count).